The van der Waals surface area contributed by atoms with Gasteiger partial charge in [0, 0.05) is 44.9 Å². The summed E-state index contributed by atoms with van der Waals surface area (Å²) in [6.45, 7) is 11.5. The molecule has 2 unspecified atom stereocenters. The highest BCUT2D eigenvalue weighted by Gasteiger charge is 2.30. The Bertz CT molecular complexity index is 1120. The molecule has 0 fully saturated rings. The number of benzene rings is 2. The maximum Gasteiger partial charge on any atom is 0.305 e. The van der Waals surface area contributed by atoms with Crippen molar-refractivity contribution in [2.75, 3.05) is 46.2 Å². The molecule has 236 valence electrons. The Morgan fingerprint density at radius 3 is 2.16 bits per heavy atom. The summed E-state index contributed by atoms with van der Waals surface area (Å²) >= 11 is 0. The number of esters is 1. The summed E-state index contributed by atoms with van der Waals surface area (Å²) in [4.78, 5) is 12.6. The fourth-order valence-electron chi connectivity index (χ4n) is 5.24. The molecule has 0 spiro atoms. The summed E-state index contributed by atoms with van der Waals surface area (Å²) in [5, 5.41) is 8.97. The number of nitrogens with zero attached hydrogens (tertiary/aromatic N) is 2. The van der Waals surface area contributed by atoms with Gasteiger partial charge in [-0.15, -0.1) is 0 Å². The van der Waals surface area contributed by atoms with Crippen LogP contribution in [0.4, 0.5) is 0 Å². The van der Waals surface area contributed by atoms with Crippen molar-refractivity contribution in [2.45, 2.75) is 78.3 Å². The highest BCUT2D eigenvalue weighted by Crippen LogP contribution is 2.46. The lowest BCUT2D eigenvalue weighted by molar-refractivity contribution is -0.144. The van der Waals surface area contributed by atoms with E-state index < -0.39 is 8.53 Å². The van der Waals surface area contributed by atoms with Gasteiger partial charge in [0.15, 0.2) is 0 Å². The Kier molecular flexibility index (Phi) is 14.9. The molecular weight excluding hydrogens is 563 g/mol. The number of fused-ring (bicyclic) bond motifs is 3. The van der Waals surface area contributed by atoms with Gasteiger partial charge >= 0.3 is 5.97 Å². The molecule has 9 heteroatoms. The van der Waals surface area contributed by atoms with Crippen LogP contribution in [-0.4, -0.2) is 69.0 Å². The van der Waals surface area contributed by atoms with Crippen LogP contribution in [-0.2, 0) is 28.1 Å². The molecule has 8 nitrogen and oxygen atoms in total. The number of hydrogen-bond donors (Lipinski definition) is 0. The summed E-state index contributed by atoms with van der Waals surface area (Å²) in [6.07, 6.45) is 1.82. The van der Waals surface area contributed by atoms with E-state index in [2.05, 4.69) is 62.7 Å². The van der Waals surface area contributed by atoms with Crippen molar-refractivity contribution in [3.63, 3.8) is 0 Å². The molecule has 0 aromatic heterocycles. The molecule has 0 saturated heterocycles. The molecule has 2 atom stereocenters. The quantitative estimate of drug-likeness (QED) is 0.0814. The Balaban J connectivity index is 1.45. The van der Waals surface area contributed by atoms with Crippen LogP contribution in [0.5, 0.6) is 0 Å². The third kappa shape index (κ3) is 10.9. The summed E-state index contributed by atoms with van der Waals surface area (Å²) in [5.41, 5.74) is 4.82. The third-order valence-corrected chi connectivity index (χ3v) is 9.20. The fraction of sp³-hybridized carbons (Fsp3) is 0.588. The first-order chi connectivity index (χ1) is 21.4. The molecule has 2 aromatic rings. The first kappa shape index (κ1) is 33.5. The number of carbonyl (C=O) groups excluding carboxylic acids is 1. The van der Waals surface area contributed by atoms with Gasteiger partial charge in [0.2, 0.25) is 0 Å². The minimum Gasteiger partial charge on any atom is -0.465 e. The summed E-state index contributed by atoms with van der Waals surface area (Å²) in [6, 6.07) is 19.2. The third-order valence-electron chi connectivity index (χ3n) is 7.12. The molecule has 3 rings (SSSR count). The zero-order chi connectivity index (χ0) is 31.7. The lowest BCUT2D eigenvalue weighted by atomic mass is 9.98. The summed E-state index contributed by atoms with van der Waals surface area (Å²) < 4.78 is 39.4. The van der Waals surface area contributed by atoms with Crippen molar-refractivity contribution in [2.24, 2.45) is 5.92 Å². The Morgan fingerprint density at radius 1 is 0.930 bits per heavy atom. The van der Waals surface area contributed by atoms with Crippen molar-refractivity contribution < 1.29 is 29.4 Å². The van der Waals surface area contributed by atoms with Crippen LogP contribution in [0.25, 0.3) is 11.1 Å². The van der Waals surface area contributed by atoms with Gasteiger partial charge in [-0.2, -0.15) is 5.26 Å². The van der Waals surface area contributed by atoms with Crippen LogP contribution in [0, 0.1) is 17.2 Å². The first-order valence-corrected chi connectivity index (χ1v) is 16.5. The highest BCUT2D eigenvalue weighted by atomic mass is 31.2. The second-order valence-corrected chi connectivity index (χ2v) is 12.7. The maximum atomic E-state index is 12.6. The Labute approximate surface area is 261 Å². The topological polar surface area (TPSA) is 90.3 Å². The Hall–Kier alpha value is -2.37. The molecule has 0 radical (unpaired) electrons. The number of rotatable bonds is 21. The number of nitriles is 1. The summed E-state index contributed by atoms with van der Waals surface area (Å²) in [7, 11) is -1.36. The van der Waals surface area contributed by atoms with E-state index in [0.717, 1.165) is 0 Å². The lowest BCUT2D eigenvalue weighted by Crippen LogP contribution is -2.34. The predicted molar refractivity (Wildman–Crippen MR) is 170 cm³/mol. The zero-order valence-electron chi connectivity index (χ0n) is 27.2. The van der Waals surface area contributed by atoms with Crippen molar-refractivity contribution in [3.8, 4) is 17.2 Å². The molecule has 1 aliphatic carbocycles. The van der Waals surface area contributed by atoms with Gasteiger partial charge < -0.3 is 23.3 Å². The van der Waals surface area contributed by atoms with Gasteiger partial charge in [-0.05, 0) is 62.8 Å². The minimum absolute atomic E-state index is 0.0408. The normalized spacial score (nSPS) is 14.4. The second kappa shape index (κ2) is 19.1. The van der Waals surface area contributed by atoms with Crippen LogP contribution < -0.4 is 0 Å². The van der Waals surface area contributed by atoms with E-state index in [0.29, 0.717) is 72.4 Å². The SMILES string of the molecule is [2H]CCCOCC(COCCCC(=O)OCC1c2ccccc2-c2ccccc21)COP(OCCC#N)N(C(C)C)C(C)C. The predicted octanol–water partition coefficient (Wildman–Crippen LogP) is 7.47. The summed E-state index contributed by atoms with van der Waals surface area (Å²) in [5.74, 6) is -0.215. The van der Waals surface area contributed by atoms with E-state index in [4.69, 9.17) is 29.9 Å². The van der Waals surface area contributed by atoms with E-state index in [-0.39, 0.29) is 36.3 Å². The van der Waals surface area contributed by atoms with E-state index >= 15 is 0 Å². The van der Waals surface area contributed by atoms with Crippen molar-refractivity contribution in [3.05, 3.63) is 59.7 Å². The average molecular weight is 614 g/mol. The van der Waals surface area contributed by atoms with Gasteiger partial charge in [-0.25, -0.2) is 4.67 Å². The highest BCUT2D eigenvalue weighted by molar-refractivity contribution is 7.44. The molecule has 0 bridgehead atoms. The second-order valence-electron chi connectivity index (χ2n) is 11.2. The largest absolute Gasteiger partial charge is 0.465 e. The van der Waals surface area contributed by atoms with Crippen LogP contribution in [0.3, 0.4) is 0 Å². The van der Waals surface area contributed by atoms with Crippen LogP contribution >= 0.6 is 8.53 Å². The van der Waals surface area contributed by atoms with Gasteiger partial charge in [-0.3, -0.25) is 4.79 Å². The molecule has 0 aliphatic heterocycles. The van der Waals surface area contributed by atoms with Gasteiger partial charge in [0.25, 0.3) is 8.53 Å². The maximum absolute atomic E-state index is 12.6. The van der Waals surface area contributed by atoms with Crippen LogP contribution in [0.2, 0.25) is 0 Å². The monoisotopic (exact) mass is 613 g/mol. The lowest BCUT2D eigenvalue weighted by Gasteiger charge is -2.36. The molecule has 0 N–H and O–H groups in total. The minimum atomic E-state index is -1.36. The number of ether oxygens (including phenoxy) is 3. The zero-order valence-corrected chi connectivity index (χ0v) is 27.1. The number of hydrogen-bond acceptors (Lipinski definition) is 8. The number of carbonyl (C=O) groups is 1. The standard InChI is InChI=1S/C34H49N2O6P/c1-6-19-38-22-28(24-42-43(41-21-12-18-35)36(26(2)3)27(4)5)23-39-20-11-17-34(37)40-25-33-31-15-9-7-13-29(31)30-14-8-10-16-32(30)33/h7-10,13-16,26-28,33H,6,11-12,17,19-25H2,1-5H3/i1D. The molecule has 2 aromatic carbocycles. The molecule has 0 saturated carbocycles. The van der Waals surface area contributed by atoms with Crippen LogP contribution in [0.15, 0.2) is 48.5 Å². The van der Waals surface area contributed by atoms with Gasteiger partial charge in [0.05, 0.1) is 38.9 Å². The molecular formula is C34H49N2O6P. The van der Waals surface area contributed by atoms with Crippen LogP contribution in [0.1, 0.15) is 78.7 Å². The molecule has 43 heavy (non-hydrogen) atoms. The molecule has 0 amide bonds. The smallest absolute Gasteiger partial charge is 0.305 e. The van der Waals surface area contributed by atoms with Crippen molar-refractivity contribution in [1.82, 2.24) is 4.67 Å². The first-order valence-electron chi connectivity index (χ1n) is 16.1. The van der Waals surface area contributed by atoms with Crippen molar-refractivity contribution in [1.29, 1.82) is 5.26 Å². The molecule has 0 heterocycles. The average Bonchev–Trinajstić information content (AvgIpc) is 3.33. The van der Waals surface area contributed by atoms with E-state index in [1.165, 1.54) is 22.3 Å². The van der Waals surface area contributed by atoms with E-state index in [9.17, 15) is 4.79 Å². The van der Waals surface area contributed by atoms with Gasteiger partial charge in [0.1, 0.15) is 6.61 Å². The van der Waals surface area contributed by atoms with Gasteiger partial charge in [-0.1, -0.05) is 55.4 Å². The van der Waals surface area contributed by atoms with E-state index in [1.807, 2.05) is 24.3 Å². The fourth-order valence-corrected chi connectivity index (χ4v) is 6.92. The van der Waals surface area contributed by atoms with E-state index in [1.54, 1.807) is 0 Å². The molecule has 1 aliphatic rings. The Morgan fingerprint density at radius 2 is 1.56 bits per heavy atom. The van der Waals surface area contributed by atoms with Crippen molar-refractivity contribution >= 4 is 14.5 Å².